The summed E-state index contributed by atoms with van der Waals surface area (Å²) >= 11 is 0. The van der Waals surface area contributed by atoms with Gasteiger partial charge in [0.25, 0.3) is 0 Å². The lowest BCUT2D eigenvalue weighted by molar-refractivity contribution is 0.507. The van der Waals surface area contributed by atoms with Crippen LogP contribution in [0.15, 0.2) is 54.7 Å². The number of hydrogen-bond acceptors (Lipinski definition) is 6. The minimum Gasteiger partial charge on any atom is -0.386 e. The molecule has 2 fully saturated rings. The number of imidazole rings is 1. The molecule has 0 unspecified atom stereocenters. The van der Waals surface area contributed by atoms with Crippen molar-refractivity contribution in [3.63, 3.8) is 0 Å². The topological polar surface area (TPSA) is 75.2 Å². The third kappa shape index (κ3) is 4.05. The maximum Gasteiger partial charge on any atom is 0.167 e. The van der Waals surface area contributed by atoms with E-state index in [1.165, 1.54) is 18.5 Å². The molecule has 2 aromatic heterocycles. The predicted molar refractivity (Wildman–Crippen MR) is 145 cm³/mol. The highest BCUT2D eigenvalue weighted by Crippen LogP contribution is 2.35. The van der Waals surface area contributed by atoms with Gasteiger partial charge < -0.3 is 20.9 Å². The summed E-state index contributed by atoms with van der Waals surface area (Å²) in [5.74, 6) is 0.356. The summed E-state index contributed by atoms with van der Waals surface area (Å²) in [6.45, 7) is 3.92. The molecule has 36 heavy (non-hydrogen) atoms. The SMILES string of the molecule is CNc1ccc(-c2nc3c(N4CCC[C@@H](N)C4)ccnc3n2-c2ccc(N3CCCC3)cc2)cc1F. The molecule has 2 aromatic carbocycles. The fourth-order valence-corrected chi connectivity index (χ4v) is 5.53. The van der Waals surface area contributed by atoms with E-state index in [0.29, 0.717) is 17.1 Å². The lowest BCUT2D eigenvalue weighted by Gasteiger charge is -2.32. The number of aromatic nitrogens is 3. The van der Waals surface area contributed by atoms with Crippen molar-refractivity contribution in [3.8, 4) is 17.1 Å². The van der Waals surface area contributed by atoms with Crippen molar-refractivity contribution >= 4 is 28.2 Å². The van der Waals surface area contributed by atoms with Crippen molar-refractivity contribution < 1.29 is 4.39 Å². The second-order valence-electron chi connectivity index (χ2n) is 9.78. The summed E-state index contributed by atoms with van der Waals surface area (Å²) in [5, 5.41) is 2.90. The summed E-state index contributed by atoms with van der Waals surface area (Å²) in [4.78, 5) is 14.6. The zero-order valence-electron chi connectivity index (χ0n) is 20.6. The second kappa shape index (κ2) is 9.43. The fraction of sp³-hybridized carbons (Fsp3) is 0.357. The maximum absolute atomic E-state index is 14.8. The third-order valence-corrected chi connectivity index (χ3v) is 7.40. The molecular weight excluding hydrogens is 453 g/mol. The lowest BCUT2D eigenvalue weighted by atomic mass is 10.1. The first kappa shape index (κ1) is 22.8. The summed E-state index contributed by atoms with van der Waals surface area (Å²) in [5.41, 5.74) is 12.2. The largest absolute Gasteiger partial charge is 0.386 e. The summed E-state index contributed by atoms with van der Waals surface area (Å²) < 4.78 is 16.9. The van der Waals surface area contributed by atoms with E-state index in [4.69, 9.17) is 15.7 Å². The minimum absolute atomic E-state index is 0.143. The van der Waals surface area contributed by atoms with Gasteiger partial charge in [0.2, 0.25) is 0 Å². The Morgan fingerprint density at radius 1 is 0.944 bits per heavy atom. The highest BCUT2D eigenvalue weighted by atomic mass is 19.1. The number of anilines is 3. The number of nitrogens with zero attached hydrogens (tertiary/aromatic N) is 5. The predicted octanol–water partition coefficient (Wildman–Crippen LogP) is 4.80. The van der Waals surface area contributed by atoms with Crippen molar-refractivity contribution in [1.82, 2.24) is 14.5 Å². The van der Waals surface area contributed by atoms with Crippen LogP contribution in [0.25, 0.3) is 28.2 Å². The minimum atomic E-state index is -0.312. The van der Waals surface area contributed by atoms with Crippen molar-refractivity contribution in [2.75, 3.05) is 48.3 Å². The van der Waals surface area contributed by atoms with E-state index in [2.05, 4.69) is 39.4 Å². The molecule has 0 saturated carbocycles. The Labute approximate surface area is 210 Å². The van der Waals surface area contributed by atoms with Crippen LogP contribution in [0.1, 0.15) is 25.7 Å². The molecule has 4 aromatic rings. The molecule has 2 aliphatic rings. The van der Waals surface area contributed by atoms with Gasteiger partial charge in [-0.2, -0.15) is 0 Å². The van der Waals surface area contributed by atoms with Gasteiger partial charge in [0.1, 0.15) is 17.2 Å². The van der Waals surface area contributed by atoms with Crippen molar-refractivity contribution in [2.24, 2.45) is 5.73 Å². The molecule has 3 N–H and O–H groups in total. The molecule has 2 saturated heterocycles. The molecule has 0 bridgehead atoms. The normalized spacial score (nSPS) is 18.2. The van der Waals surface area contributed by atoms with Crippen LogP contribution in [0.3, 0.4) is 0 Å². The van der Waals surface area contributed by atoms with Crippen LogP contribution in [0.2, 0.25) is 0 Å². The zero-order valence-corrected chi connectivity index (χ0v) is 20.6. The zero-order chi connectivity index (χ0) is 24.6. The fourth-order valence-electron chi connectivity index (χ4n) is 5.53. The van der Waals surface area contributed by atoms with E-state index in [9.17, 15) is 4.39 Å². The number of benzene rings is 2. The average molecular weight is 486 g/mol. The van der Waals surface area contributed by atoms with Crippen LogP contribution in [0, 0.1) is 5.82 Å². The number of nitrogens with one attached hydrogen (secondary N) is 1. The monoisotopic (exact) mass is 485 g/mol. The van der Waals surface area contributed by atoms with E-state index in [-0.39, 0.29) is 11.9 Å². The average Bonchev–Trinajstić information content (AvgIpc) is 3.57. The molecular formula is C28H32FN7. The standard InChI is InChI=1S/C28H32FN7/c1-31-24-11-6-19(17-23(24)29)27-33-26-25(35-16-4-5-20(30)18-35)12-13-32-28(26)36(27)22-9-7-21(8-10-22)34-14-2-3-15-34/h6-13,17,20,31H,2-5,14-16,18,30H2,1H3/t20-/m1/s1. The van der Waals surface area contributed by atoms with E-state index in [0.717, 1.165) is 61.6 Å². The molecule has 0 radical (unpaired) electrons. The Morgan fingerprint density at radius 3 is 2.42 bits per heavy atom. The molecule has 0 amide bonds. The van der Waals surface area contributed by atoms with Crippen LogP contribution < -0.4 is 20.9 Å². The Morgan fingerprint density at radius 2 is 1.69 bits per heavy atom. The number of piperidine rings is 1. The Balaban J connectivity index is 1.51. The molecule has 1 atom stereocenters. The van der Waals surface area contributed by atoms with Gasteiger partial charge in [-0.25, -0.2) is 14.4 Å². The van der Waals surface area contributed by atoms with E-state index in [1.807, 2.05) is 22.9 Å². The van der Waals surface area contributed by atoms with Crippen molar-refractivity contribution in [1.29, 1.82) is 0 Å². The molecule has 8 heteroatoms. The molecule has 6 rings (SSSR count). The number of fused-ring (bicyclic) bond motifs is 1. The van der Waals surface area contributed by atoms with Gasteiger partial charge >= 0.3 is 0 Å². The molecule has 4 heterocycles. The maximum atomic E-state index is 14.8. The first-order valence-corrected chi connectivity index (χ1v) is 12.8. The first-order valence-electron chi connectivity index (χ1n) is 12.8. The van der Waals surface area contributed by atoms with Gasteiger partial charge in [-0.3, -0.25) is 4.57 Å². The molecule has 0 aliphatic carbocycles. The number of pyridine rings is 1. The van der Waals surface area contributed by atoms with E-state index >= 15 is 0 Å². The highest BCUT2D eigenvalue weighted by molar-refractivity contribution is 5.91. The molecule has 7 nitrogen and oxygen atoms in total. The number of rotatable bonds is 5. The van der Waals surface area contributed by atoms with Crippen molar-refractivity contribution in [3.05, 3.63) is 60.5 Å². The van der Waals surface area contributed by atoms with Crippen LogP contribution in [-0.4, -0.2) is 53.8 Å². The molecule has 186 valence electrons. The van der Waals surface area contributed by atoms with Crippen LogP contribution >= 0.6 is 0 Å². The second-order valence-corrected chi connectivity index (χ2v) is 9.78. The smallest absolute Gasteiger partial charge is 0.167 e. The van der Waals surface area contributed by atoms with Crippen LogP contribution in [0.4, 0.5) is 21.5 Å². The van der Waals surface area contributed by atoms with Gasteiger partial charge in [0.05, 0.1) is 11.4 Å². The number of hydrogen-bond donors (Lipinski definition) is 2. The Kier molecular flexibility index (Phi) is 5.97. The summed E-state index contributed by atoms with van der Waals surface area (Å²) in [7, 11) is 1.72. The van der Waals surface area contributed by atoms with Gasteiger partial charge in [0, 0.05) is 62.4 Å². The van der Waals surface area contributed by atoms with Crippen LogP contribution in [-0.2, 0) is 0 Å². The quantitative estimate of drug-likeness (QED) is 0.423. The molecule has 0 spiro atoms. The highest BCUT2D eigenvalue weighted by Gasteiger charge is 2.24. The van der Waals surface area contributed by atoms with E-state index in [1.54, 1.807) is 19.2 Å². The van der Waals surface area contributed by atoms with Gasteiger partial charge in [-0.05, 0) is 74.2 Å². The van der Waals surface area contributed by atoms with Crippen molar-refractivity contribution in [2.45, 2.75) is 31.7 Å². The van der Waals surface area contributed by atoms with Gasteiger partial charge in [-0.1, -0.05) is 0 Å². The van der Waals surface area contributed by atoms with E-state index < -0.39 is 0 Å². The number of halogens is 1. The Bertz CT molecular complexity index is 1370. The Hall–Kier alpha value is -3.65. The summed E-state index contributed by atoms with van der Waals surface area (Å²) in [6, 6.07) is 15.9. The van der Waals surface area contributed by atoms with Gasteiger partial charge in [-0.15, -0.1) is 0 Å². The molecule has 2 aliphatic heterocycles. The first-order chi connectivity index (χ1) is 17.6. The summed E-state index contributed by atoms with van der Waals surface area (Å²) in [6.07, 6.45) is 6.39. The lowest BCUT2D eigenvalue weighted by Crippen LogP contribution is -2.42. The van der Waals surface area contributed by atoms with Crippen LogP contribution in [0.5, 0.6) is 0 Å². The third-order valence-electron chi connectivity index (χ3n) is 7.40. The van der Waals surface area contributed by atoms with Gasteiger partial charge in [0.15, 0.2) is 5.65 Å². The number of nitrogens with two attached hydrogens (primary N) is 1.